The van der Waals surface area contributed by atoms with Crippen LogP contribution in [0.1, 0.15) is 15.9 Å². The Hall–Kier alpha value is -2.13. The summed E-state index contributed by atoms with van der Waals surface area (Å²) in [5, 5.41) is 0.989. The highest BCUT2D eigenvalue weighted by Crippen LogP contribution is 2.26. The first kappa shape index (κ1) is 12.9. The van der Waals surface area contributed by atoms with Crippen LogP contribution in [0.15, 0.2) is 48.7 Å². The summed E-state index contributed by atoms with van der Waals surface area (Å²) in [4.78, 5) is 12.6. The topological polar surface area (TPSA) is 22.0 Å². The highest BCUT2D eigenvalue weighted by atomic mass is 35.5. The fourth-order valence-electron chi connectivity index (χ4n) is 2.34. The molecule has 1 heterocycles. The summed E-state index contributed by atoms with van der Waals surface area (Å²) in [6.45, 7) is 0. The lowest BCUT2D eigenvalue weighted by molar-refractivity contribution is 0.104. The first-order valence-corrected chi connectivity index (χ1v) is 6.49. The summed E-state index contributed by atoms with van der Waals surface area (Å²) < 4.78 is 15.0. The molecule has 3 rings (SSSR count). The quantitative estimate of drug-likeness (QED) is 0.647. The van der Waals surface area contributed by atoms with Crippen molar-refractivity contribution in [3.63, 3.8) is 0 Å². The van der Waals surface area contributed by atoms with Gasteiger partial charge >= 0.3 is 0 Å². The predicted molar refractivity (Wildman–Crippen MR) is 77.8 cm³/mol. The van der Waals surface area contributed by atoms with Gasteiger partial charge in [0.15, 0.2) is 5.78 Å². The van der Waals surface area contributed by atoms with E-state index in [1.165, 1.54) is 12.1 Å². The number of halogens is 2. The molecule has 0 saturated heterocycles. The Bertz CT molecular complexity index is 822. The fourth-order valence-corrected chi connectivity index (χ4v) is 2.59. The summed E-state index contributed by atoms with van der Waals surface area (Å²) in [6, 6.07) is 11.4. The van der Waals surface area contributed by atoms with E-state index >= 15 is 0 Å². The van der Waals surface area contributed by atoms with Crippen molar-refractivity contribution in [1.82, 2.24) is 4.57 Å². The first-order valence-electron chi connectivity index (χ1n) is 6.12. The van der Waals surface area contributed by atoms with Crippen LogP contribution in [0.2, 0.25) is 5.02 Å². The second-order valence-corrected chi connectivity index (χ2v) is 5.03. The first-order chi connectivity index (χ1) is 9.58. The van der Waals surface area contributed by atoms with Crippen molar-refractivity contribution in [2.45, 2.75) is 0 Å². The maximum Gasteiger partial charge on any atom is 0.196 e. The van der Waals surface area contributed by atoms with Gasteiger partial charge in [-0.3, -0.25) is 4.79 Å². The van der Waals surface area contributed by atoms with Crippen LogP contribution in [-0.4, -0.2) is 10.4 Å². The summed E-state index contributed by atoms with van der Waals surface area (Å²) in [5.74, 6) is -0.656. The van der Waals surface area contributed by atoms with Gasteiger partial charge in [0, 0.05) is 35.3 Å². The number of aromatic nitrogens is 1. The van der Waals surface area contributed by atoms with E-state index in [1.54, 1.807) is 6.20 Å². The van der Waals surface area contributed by atoms with Crippen LogP contribution in [0.25, 0.3) is 10.9 Å². The number of carbonyl (C=O) groups excluding carboxylic acids is 1. The zero-order chi connectivity index (χ0) is 14.3. The van der Waals surface area contributed by atoms with E-state index in [1.807, 2.05) is 35.9 Å². The van der Waals surface area contributed by atoms with Gasteiger partial charge in [-0.05, 0) is 24.3 Å². The van der Waals surface area contributed by atoms with E-state index in [0.717, 1.165) is 17.0 Å². The van der Waals surface area contributed by atoms with Crippen LogP contribution in [0.5, 0.6) is 0 Å². The van der Waals surface area contributed by atoms with Gasteiger partial charge in [0.1, 0.15) is 5.82 Å². The molecule has 4 heteroatoms. The number of para-hydroxylation sites is 1. The molecular weight excluding hydrogens is 277 g/mol. The third-order valence-corrected chi connectivity index (χ3v) is 3.63. The Kier molecular flexibility index (Phi) is 3.07. The average Bonchev–Trinajstić information content (AvgIpc) is 2.76. The van der Waals surface area contributed by atoms with Crippen LogP contribution in [-0.2, 0) is 7.05 Å². The van der Waals surface area contributed by atoms with Gasteiger partial charge in [-0.1, -0.05) is 29.8 Å². The van der Waals surface area contributed by atoms with E-state index < -0.39 is 5.82 Å². The molecule has 100 valence electrons. The summed E-state index contributed by atoms with van der Waals surface area (Å²) in [6.07, 6.45) is 1.77. The number of carbonyl (C=O) groups is 1. The number of hydrogen-bond acceptors (Lipinski definition) is 1. The minimum atomic E-state index is -0.454. The Morgan fingerprint density at radius 1 is 1.15 bits per heavy atom. The van der Waals surface area contributed by atoms with E-state index in [9.17, 15) is 9.18 Å². The van der Waals surface area contributed by atoms with Gasteiger partial charge in [-0.2, -0.15) is 0 Å². The van der Waals surface area contributed by atoms with E-state index in [-0.39, 0.29) is 10.8 Å². The van der Waals surface area contributed by atoms with Crippen molar-refractivity contribution in [2.75, 3.05) is 0 Å². The zero-order valence-corrected chi connectivity index (χ0v) is 11.5. The van der Waals surface area contributed by atoms with Crippen LogP contribution in [0.4, 0.5) is 4.39 Å². The van der Waals surface area contributed by atoms with Gasteiger partial charge in [-0.15, -0.1) is 0 Å². The maximum absolute atomic E-state index is 13.1. The average molecular weight is 288 g/mol. The van der Waals surface area contributed by atoms with Crippen LogP contribution in [0.3, 0.4) is 0 Å². The highest BCUT2D eigenvalue weighted by molar-refractivity contribution is 6.35. The number of hydrogen-bond donors (Lipinski definition) is 0. The van der Waals surface area contributed by atoms with Crippen molar-refractivity contribution in [2.24, 2.45) is 7.05 Å². The number of nitrogens with zero attached hydrogens (tertiary/aromatic N) is 1. The van der Waals surface area contributed by atoms with E-state index in [0.29, 0.717) is 11.1 Å². The molecule has 0 bridgehead atoms. The Labute approximate surface area is 120 Å². The molecule has 0 aliphatic rings. The van der Waals surface area contributed by atoms with E-state index in [2.05, 4.69) is 0 Å². The molecule has 0 atom stereocenters. The summed E-state index contributed by atoms with van der Waals surface area (Å²) in [5.41, 5.74) is 1.84. The van der Waals surface area contributed by atoms with Gasteiger partial charge in [-0.25, -0.2) is 4.39 Å². The number of ketones is 1. The monoisotopic (exact) mass is 287 g/mol. The number of fused-ring (bicyclic) bond motifs is 1. The largest absolute Gasteiger partial charge is 0.350 e. The SMILES string of the molecule is Cn1cc(C(=O)c2ccc(F)cc2Cl)c2ccccc21. The Morgan fingerprint density at radius 2 is 1.90 bits per heavy atom. The summed E-state index contributed by atoms with van der Waals surface area (Å²) in [7, 11) is 1.88. The van der Waals surface area contributed by atoms with Gasteiger partial charge in [0.05, 0.1) is 5.02 Å². The van der Waals surface area contributed by atoms with Crippen molar-refractivity contribution in [3.8, 4) is 0 Å². The van der Waals surface area contributed by atoms with Gasteiger partial charge < -0.3 is 4.57 Å². The lowest BCUT2D eigenvalue weighted by Crippen LogP contribution is -2.01. The minimum Gasteiger partial charge on any atom is -0.350 e. The fraction of sp³-hybridized carbons (Fsp3) is 0.0625. The van der Waals surface area contributed by atoms with Crippen LogP contribution >= 0.6 is 11.6 Å². The molecule has 1 aromatic heterocycles. The molecule has 0 aliphatic heterocycles. The van der Waals surface area contributed by atoms with E-state index in [4.69, 9.17) is 11.6 Å². The Balaban J connectivity index is 2.18. The van der Waals surface area contributed by atoms with Crippen molar-refractivity contribution < 1.29 is 9.18 Å². The van der Waals surface area contributed by atoms with Gasteiger partial charge in [0.25, 0.3) is 0 Å². The molecule has 0 saturated carbocycles. The molecule has 0 N–H and O–H groups in total. The van der Waals surface area contributed by atoms with Crippen molar-refractivity contribution >= 4 is 28.3 Å². The standard InChI is InChI=1S/C16H11ClFNO/c1-19-9-13(11-4-2-3-5-15(11)19)16(20)12-7-6-10(18)8-14(12)17/h2-9H,1H3. The minimum absolute atomic E-state index is 0.128. The molecular formula is C16H11ClFNO. The molecule has 3 aromatic rings. The molecule has 0 fully saturated rings. The highest BCUT2D eigenvalue weighted by Gasteiger charge is 2.18. The second-order valence-electron chi connectivity index (χ2n) is 4.62. The normalized spacial score (nSPS) is 10.9. The third kappa shape index (κ3) is 2.00. The predicted octanol–water partition coefficient (Wildman–Crippen LogP) is 4.20. The molecule has 2 nitrogen and oxygen atoms in total. The summed E-state index contributed by atoms with van der Waals surface area (Å²) >= 11 is 5.96. The van der Waals surface area contributed by atoms with Crippen LogP contribution < -0.4 is 0 Å². The number of aryl methyl sites for hydroxylation is 1. The molecule has 0 spiro atoms. The number of rotatable bonds is 2. The smallest absolute Gasteiger partial charge is 0.196 e. The molecule has 0 amide bonds. The molecule has 0 aliphatic carbocycles. The zero-order valence-electron chi connectivity index (χ0n) is 10.7. The second kappa shape index (κ2) is 4.76. The third-order valence-electron chi connectivity index (χ3n) is 3.32. The van der Waals surface area contributed by atoms with Crippen LogP contribution in [0, 0.1) is 5.82 Å². The van der Waals surface area contributed by atoms with Crippen molar-refractivity contribution in [1.29, 1.82) is 0 Å². The molecule has 2 aromatic carbocycles. The molecule has 0 unspecified atom stereocenters. The molecule has 0 radical (unpaired) electrons. The van der Waals surface area contributed by atoms with Gasteiger partial charge in [0.2, 0.25) is 0 Å². The van der Waals surface area contributed by atoms with Crippen molar-refractivity contribution in [3.05, 3.63) is 70.6 Å². The molecule has 20 heavy (non-hydrogen) atoms. The maximum atomic E-state index is 13.1. The number of benzene rings is 2. The lowest BCUT2D eigenvalue weighted by Gasteiger charge is -2.02. The lowest BCUT2D eigenvalue weighted by atomic mass is 10.0. The Morgan fingerprint density at radius 3 is 2.65 bits per heavy atom.